The molecule has 0 aliphatic heterocycles. The van der Waals surface area contributed by atoms with Crippen LogP contribution < -0.4 is 11.1 Å². The van der Waals surface area contributed by atoms with Crippen molar-refractivity contribution in [3.8, 4) is 0 Å². The van der Waals surface area contributed by atoms with Gasteiger partial charge >= 0.3 is 0 Å². The summed E-state index contributed by atoms with van der Waals surface area (Å²) in [6.45, 7) is 6.24. The molecule has 0 spiro atoms. The lowest BCUT2D eigenvalue weighted by molar-refractivity contribution is 0.253. The van der Waals surface area contributed by atoms with Crippen LogP contribution in [0.15, 0.2) is 4.99 Å². The SMILES string of the molecule is CCCCCCNC(N)=NCC(CCC)CCO.I. The van der Waals surface area contributed by atoms with Gasteiger partial charge in [0.05, 0.1) is 0 Å². The van der Waals surface area contributed by atoms with Gasteiger partial charge in [0.25, 0.3) is 0 Å². The third kappa shape index (κ3) is 14.2. The smallest absolute Gasteiger partial charge is 0.188 e. The van der Waals surface area contributed by atoms with Gasteiger partial charge in [-0.2, -0.15) is 0 Å². The molecule has 0 saturated carbocycles. The molecule has 0 aromatic heterocycles. The fourth-order valence-electron chi connectivity index (χ4n) is 1.97. The highest BCUT2D eigenvalue weighted by Gasteiger charge is 2.06. The molecule has 4 nitrogen and oxygen atoms in total. The van der Waals surface area contributed by atoms with Crippen molar-refractivity contribution in [2.45, 2.75) is 58.8 Å². The number of aliphatic imine (C=N–C) groups is 1. The summed E-state index contributed by atoms with van der Waals surface area (Å²) >= 11 is 0. The fraction of sp³-hybridized carbons (Fsp3) is 0.929. The van der Waals surface area contributed by atoms with Gasteiger partial charge in [-0.1, -0.05) is 39.5 Å². The summed E-state index contributed by atoms with van der Waals surface area (Å²) in [6, 6.07) is 0. The second-order valence-electron chi connectivity index (χ2n) is 4.88. The molecule has 0 aliphatic rings. The third-order valence-corrected chi connectivity index (χ3v) is 3.09. The van der Waals surface area contributed by atoms with Gasteiger partial charge < -0.3 is 16.2 Å². The van der Waals surface area contributed by atoms with Crippen LogP contribution in [0.2, 0.25) is 0 Å². The number of halogens is 1. The molecule has 0 saturated heterocycles. The van der Waals surface area contributed by atoms with E-state index in [9.17, 15) is 0 Å². The van der Waals surface area contributed by atoms with Crippen LogP contribution in [-0.2, 0) is 0 Å². The van der Waals surface area contributed by atoms with Crippen LogP contribution in [0.3, 0.4) is 0 Å². The molecule has 0 aromatic rings. The van der Waals surface area contributed by atoms with Crippen LogP contribution >= 0.6 is 24.0 Å². The maximum Gasteiger partial charge on any atom is 0.188 e. The largest absolute Gasteiger partial charge is 0.396 e. The molecule has 0 aromatic carbocycles. The standard InChI is InChI=1S/C14H31N3O.HI/c1-3-5-6-7-10-16-14(15)17-12-13(8-4-2)9-11-18;/h13,18H,3-12H2,1-2H3,(H3,15,16,17);1H. The zero-order chi connectivity index (χ0) is 13.6. The van der Waals surface area contributed by atoms with Gasteiger partial charge in [-0.25, -0.2) is 0 Å². The Kier molecular flexibility index (Phi) is 17.9. The molecule has 19 heavy (non-hydrogen) atoms. The Morgan fingerprint density at radius 2 is 1.89 bits per heavy atom. The maximum absolute atomic E-state index is 8.96. The molecule has 0 fully saturated rings. The van der Waals surface area contributed by atoms with Crippen LogP contribution in [0.1, 0.15) is 58.8 Å². The Labute approximate surface area is 135 Å². The van der Waals surface area contributed by atoms with Gasteiger partial charge in [0.2, 0.25) is 0 Å². The van der Waals surface area contributed by atoms with Gasteiger partial charge in [0.15, 0.2) is 5.96 Å². The van der Waals surface area contributed by atoms with Crippen LogP contribution in [0, 0.1) is 5.92 Å². The lowest BCUT2D eigenvalue weighted by Gasteiger charge is -2.12. The Hall–Kier alpha value is -0.0400. The molecule has 5 heteroatoms. The van der Waals surface area contributed by atoms with Crippen molar-refractivity contribution in [3.63, 3.8) is 0 Å². The lowest BCUT2D eigenvalue weighted by atomic mass is 10.0. The molecule has 0 bridgehead atoms. The van der Waals surface area contributed by atoms with Crippen molar-refractivity contribution in [1.29, 1.82) is 0 Å². The van der Waals surface area contributed by atoms with Crippen molar-refractivity contribution in [2.75, 3.05) is 19.7 Å². The van der Waals surface area contributed by atoms with E-state index < -0.39 is 0 Å². The summed E-state index contributed by atoms with van der Waals surface area (Å²) in [5, 5.41) is 12.1. The Balaban J connectivity index is 0. The minimum atomic E-state index is 0. The van der Waals surface area contributed by atoms with Crippen molar-refractivity contribution < 1.29 is 5.11 Å². The first kappa shape index (κ1) is 21.3. The number of aliphatic hydroxyl groups is 1. The quantitative estimate of drug-likeness (QED) is 0.222. The predicted molar refractivity (Wildman–Crippen MR) is 94.1 cm³/mol. The molecule has 1 atom stereocenters. The topological polar surface area (TPSA) is 70.6 Å². The summed E-state index contributed by atoms with van der Waals surface area (Å²) in [5.74, 6) is 1.01. The van der Waals surface area contributed by atoms with Crippen molar-refractivity contribution >= 4 is 29.9 Å². The van der Waals surface area contributed by atoms with Gasteiger partial charge in [-0.05, 0) is 25.2 Å². The van der Waals surface area contributed by atoms with E-state index in [1.165, 1.54) is 19.3 Å². The summed E-state index contributed by atoms with van der Waals surface area (Å²) in [4.78, 5) is 4.35. The van der Waals surface area contributed by atoms with Crippen LogP contribution in [0.25, 0.3) is 0 Å². The minimum Gasteiger partial charge on any atom is -0.396 e. The number of hydrogen-bond donors (Lipinski definition) is 3. The first-order chi connectivity index (χ1) is 8.74. The molecule has 0 radical (unpaired) electrons. The van der Waals surface area contributed by atoms with Crippen LogP contribution in [0.5, 0.6) is 0 Å². The average molecular weight is 385 g/mol. The Bertz CT molecular complexity index is 207. The zero-order valence-corrected chi connectivity index (χ0v) is 14.9. The summed E-state index contributed by atoms with van der Waals surface area (Å²) in [6.07, 6.45) is 8.00. The Morgan fingerprint density at radius 1 is 1.16 bits per heavy atom. The van der Waals surface area contributed by atoms with Gasteiger partial charge in [-0.15, -0.1) is 24.0 Å². The van der Waals surface area contributed by atoms with Gasteiger partial charge in [0, 0.05) is 19.7 Å². The van der Waals surface area contributed by atoms with E-state index in [2.05, 4.69) is 24.2 Å². The number of rotatable bonds is 11. The van der Waals surface area contributed by atoms with E-state index in [0.29, 0.717) is 11.9 Å². The first-order valence-corrected chi connectivity index (χ1v) is 7.39. The Morgan fingerprint density at radius 3 is 2.47 bits per heavy atom. The third-order valence-electron chi connectivity index (χ3n) is 3.09. The van der Waals surface area contributed by atoms with Crippen LogP contribution in [-0.4, -0.2) is 30.8 Å². The number of guanidine groups is 1. The number of unbranched alkanes of at least 4 members (excludes halogenated alkanes) is 3. The van der Waals surface area contributed by atoms with Crippen LogP contribution in [0.4, 0.5) is 0 Å². The number of nitrogens with one attached hydrogen (secondary N) is 1. The molecule has 0 rings (SSSR count). The van der Waals surface area contributed by atoms with E-state index in [0.717, 1.165) is 38.8 Å². The van der Waals surface area contributed by atoms with E-state index in [4.69, 9.17) is 10.8 Å². The molecule has 0 heterocycles. The fourth-order valence-corrected chi connectivity index (χ4v) is 1.97. The number of nitrogens with two attached hydrogens (primary N) is 1. The molecule has 0 amide bonds. The normalized spacial score (nSPS) is 12.9. The van der Waals surface area contributed by atoms with E-state index in [-0.39, 0.29) is 30.6 Å². The van der Waals surface area contributed by atoms with Gasteiger partial charge in [0.1, 0.15) is 0 Å². The zero-order valence-electron chi connectivity index (χ0n) is 12.5. The highest BCUT2D eigenvalue weighted by molar-refractivity contribution is 14.0. The molecule has 1 unspecified atom stereocenters. The maximum atomic E-state index is 8.96. The van der Waals surface area contributed by atoms with Crippen molar-refractivity contribution in [3.05, 3.63) is 0 Å². The highest BCUT2D eigenvalue weighted by Crippen LogP contribution is 2.10. The highest BCUT2D eigenvalue weighted by atomic mass is 127. The van der Waals surface area contributed by atoms with E-state index >= 15 is 0 Å². The predicted octanol–water partition coefficient (Wildman–Crippen LogP) is 2.89. The summed E-state index contributed by atoms with van der Waals surface area (Å²) < 4.78 is 0. The summed E-state index contributed by atoms with van der Waals surface area (Å²) in [7, 11) is 0. The number of aliphatic hydroxyl groups excluding tert-OH is 1. The molecular weight excluding hydrogens is 353 g/mol. The monoisotopic (exact) mass is 385 g/mol. The lowest BCUT2D eigenvalue weighted by Crippen LogP contribution is -2.33. The number of nitrogens with zero attached hydrogens (tertiary/aromatic N) is 1. The molecule has 0 aliphatic carbocycles. The first-order valence-electron chi connectivity index (χ1n) is 7.39. The molecule has 116 valence electrons. The van der Waals surface area contributed by atoms with Crippen molar-refractivity contribution in [1.82, 2.24) is 5.32 Å². The van der Waals surface area contributed by atoms with E-state index in [1.807, 2.05) is 0 Å². The molecular formula is C14H32IN3O. The summed E-state index contributed by atoms with van der Waals surface area (Å²) in [5.41, 5.74) is 5.81. The number of hydrogen-bond acceptors (Lipinski definition) is 2. The second kappa shape index (κ2) is 16.0. The second-order valence-corrected chi connectivity index (χ2v) is 4.88. The van der Waals surface area contributed by atoms with Crippen molar-refractivity contribution in [2.24, 2.45) is 16.6 Å². The minimum absolute atomic E-state index is 0. The molecule has 4 N–H and O–H groups in total. The average Bonchev–Trinajstić information content (AvgIpc) is 2.36. The van der Waals surface area contributed by atoms with Gasteiger partial charge in [-0.3, -0.25) is 4.99 Å². The van der Waals surface area contributed by atoms with E-state index in [1.54, 1.807) is 0 Å².